The lowest BCUT2D eigenvalue weighted by Gasteiger charge is -2.25. The number of hydrogen-bond donors (Lipinski definition) is 0. The second kappa shape index (κ2) is 5.12. The van der Waals surface area contributed by atoms with Gasteiger partial charge < -0.3 is 9.64 Å². The van der Waals surface area contributed by atoms with Crippen molar-refractivity contribution in [3.63, 3.8) is 0 Å². The van der Waals surface area contributed by atoms with Gasteiger partial charge in [-0.2, -0.15) is 0 Å². The monoisotopic (exact) mass is 339 g/mol. The molecule has 2 aliphatic heterocycles. The molecule has 4 heteroatoms. The van der Waals surface area contributed by atoms with Crippen LogP contribution in [0.2, 0.25) is 5.02 Å². The Balaban J connectivity index is 1.81. The van der Waals surface area contributed by atoms with Crippen molar-refractivity contribution in [2.75, 3.05) is 11.9 Å². The summed E-state index contributed by atoms with van der Waals surface area (Å²) < 4.78 is 5.59. The smallest absolute Gasteiger partial charge is 0.339 e. The predicted octanol–water partition coefficient (Wildman–Crippen LogP) is 4.86. The van der Waals surface area contributed by atoms with E-state index in [0.29, 0.717) is 5.56 Å². The zero-order chi connectivity index (χ0) is 17.1. The number of rotatable bonds is 1. The number of carbonyl (C=O) groups excluding carboxylic acids is 1. The number of nitrogens with zero attached hydrogens (tertiary/aromatic N) is 1. The van der Waals surface area contributed by atoms with Crippen molar-refractivity contribution < 1.29 is 9.53 Å². The molecule has 0 saturated heterocycles. The average Bonchev–Trinajstić information content (AvgIpc) is 2.96. The van der Waals surface area contributed by atoms with Crippen LogP contribution in [0.3, 0.4) is 0 Å². The molecule has 2 aromatic rings. The summed E-state index contributed by atoms with van der Waals surface area (Å²) >= 11 is 6.20. The molecule has 0 aromatic heterocycles. The predicted molar refractivity (Wildman–Crippen MR) is 95.6 cm³/mol. The van der Waals surface area contributed by atoms with E-state index in [1.54, 1.807) is 0 Å². The number of ether oxygens (including phenoxy) is 1. The van der Waals surface area contributed by atoms with Crippen molar-refractivity contribution >= 4 is 23.3 Å². The highest BCUT2D eigenvalue weighted by molar-refractivity contribution is 6.30. The summed E-state index contributed by atoms with van der Waals surface area (Å²) in [6.07, 6.45) is 1.70. The number of hydrogen-bond acceptors (Lipinski definition) is 3. The van der Waals surface area contributed by atoms with Crippen LogP contribution in [0.25, 0.3) is 0 Å². The molecule has 24 heavy (non-hydrogen) atoms. The number of benzene rings is 2. The lowest BCUT2D eigenvalue weighted by Crippen LogP contribution is -2.23. The second-order valence-electron chi connectivity index (χ2n) is 6.81. The van der Waals surface area contributed by atoms with E-state index in [4.69, 9.17) is 16.3 Å². The van der Waals surface area contributed by atoms with Gasteiger partial charge in [0, 0.05) is 34.4 Å². The molecular formula is C20H18ClNO2. The van der Waals surface area contributed by atoms with Gasteiger partial charge in [-0.25, -0.2) is 4.79 Å². The van der Waals surface area contributed by atoms with Gasteiger partial charge in [-0.3, -0.25) is 0 Å². The Morgan fingerprint density at radius 2 is 1.96 bits per heavy atom. The maximum atomic E-state index is 12.1. The summed E-state index contributed by atoms with van der Waals surface area (Å²) in [6.45, 7) is 4.33. The molecule has 0 spiro atoms. The third-order valence-corrected chi connectivity index (χ3v) is 5.26. The zero-order valence-electron chi connectivity index (χ0n) is 13.8. The van der Waals surface area contributed by atoms with Crippen molar-refractivity contribution in [2.24, 2.45) is 0 Å². The van der Waals surface area contributed by atoms with Crippen LogP contribution < -0.4 is 4.90 Å². The molecule has 0 radical (unpaired) electrons. The van der Waals surface area contributed by atoms with Crippen molar-refractivity contribution in [3.05, 3.63) is 76.0 Å². The number of cyclic esters (lactones) is 1. The quantitative estimate of drug-likeness (QED) is 0.695. The number of esters is 1. The van der Waals surface area contributed by atoms with Gasteiger partial charge in [-0.15, -0.1) is 0 Å². The zero-order valence-corrected chi connectivity index (χ0v) is 14.6. The Morgan fingerprint density at radius 3 is 2.75 bits per heavy atom. The molecule has 1 atom stereocenters. The van der Waals surface area contributed by atoms with Crippen LogP contribution in [-0.2, 0) is 10.2 Å². The van der Waals surface area contributed by atoms with Crippen LogP contribution in [0.4, 0.5) is 5.69 Å². The molecule has 2 heterocycles. The standard InChI is InChI=1S/C20H18ClNO2/c1-20(2)15-10-12(21)8-9-16(15)22(3)18(20)11-17-13-6-4-5-7-14(13)19(23)24-17/h4-11,17H,1-3H3/b18-11-. The lowest BCUT2D eigenvalue weighted by atomic mass is 9.83. The Bertz CT molecular complexity index is 885. The van der Waals surface area contributed by atoms with Crippen LogP contribution in [0.15, 0.2) is 54.2 Å². The minimum Gasteiger partial charge on any atom is -0.449 e. The fourth-order valence-corrected chi connectivity index (χ4v) is 3.92. The number of halogens is 1. The third kappa shape index (κ3) is 2.08. The fourth-order valence-electron chi connectivity index (χ4n) is 3.75. The van der Waals surface area contributed by atoms with Crippen LogP contribution in [0, 0.1) is 0 Å². The van der Waals surface area contributed by atoms with Crippen molar-refractivity contribution in [3.8, 4) is 0 Å². The Labute approximate surface area is 146 Å². The third-order valence-electron chi connectivity index (χ3n) is 5.03. The SMILES string of the molecule is CN1/C(=C\C2OC(=O)c3ccccc32)C(C)(C)c2cc(Cl)ccc21. The first kappa shape index (κ1) is 15.3. The normalized spacial score (nSPS) is 22.5. The van der Waals surface area contributed by atoms with E-state index in [1.165, 1.54) is 5.56 Å². The van der Waals surface area contributed by atoms with Crippen LogP contribution in [0.5, 0.6) is 0 Å². The number of carbonyl (C=O) groups is 1. The van der Waals surface area contributed by atoms with E-state index in [2.05, 4.69) is 24.8 Å². The number of anilines is 1. The minimum absolute atomic E-state index is 0.209. The van der Waals surface area contributed by atoms with E-state index in [9.17, 15) is 4.79 Å². The van der Waals surface area contributed by atoms with Crippen molar-refractivity contribution in [1.29, 1.82) is 0 Å². The van der Waals surface area contributed by atoms with Gasteiger partial charge in [0.25, 0.3) is 0 Å². The van der Waals surface area contributed by atoms with Crippen LogP contribution in [0.1, 0.15) is 41.4 Å². The lowest BCUT2D eigenvalue weighted by molar-refractivity contribution is 0.0465. The van der Waals surface area contributed by atoms with Crippen LogP contribution >= 0.6 is 11.6 Å². The molecule has 3 nitrogen and oxygen atoms in total. The maximum Gasteiger partial charge on any atom is 0.339 e. The van der Waals surface area contributed by atoms with Gasteiger partial charge in [0.1, 0.15) is 6.10 Å². The van der Waals surface area contributed by atoms with Gasteiger partial charge >= 0.3 is 5.97 Å². The molecule has 0 fully saturated rings. The largest absolute Gasteiger partial charge is 0.449 e. The summed E-state index contributed by atoms with van der Waals surface area (Å²) in [6, 6.07) is 13.5. The van der Waals surface area contributed by atoms with Gasteiger partial charge in [-0.05, 0) is 35.9 Å². The maximum absolute atomic E-state index is 12.1. The molecule has 0 bridgehead atoms. The molecule has 122 valence electrons. The molecular weight excluding hydrogens is 322 g/mol. The minimum atomic E-state index is -0.352. The van der Waals surface area contributed by atoms with Crippen molar-refractivity contribution in [2.45, 2.75) is 25.4 Å². The Kier molecular flexibility index (Phi) is 3.26. The number of likely N-dealkylation sites (N-methyl/N-ethyl adjacent to an activating group) is 1. The van der Waals surface area contributed by atoms with E-state index >= 15 is 0 Å². The number of allylic oxidation sites excluding steroid dienone is 1. The summed E-state index contributed by atoms with van der Waals surface area (Å²) in [5, 5.41) is 0.731. The molecule has 1 unspecified atom stereocenters. The van der Waals surface area contributed by atoms with E-state index < -0.39 is 0 Å². The van der Waals surface area contributed by atoms with Gasteiger partial charge in [0.05, 0.1) is 5.56 Å². The number of fused-ring (bicyclic) bond motifs is 2. The first-order valence-electron chi connectivity index (χ1n) is 7.95. The summed E-state index contributed by atoms with van der Waals surface area (Å²) in [5.74, 6) is -0.258. The van der Waals surface area contributed by atoms with Gasteiger partial charge in [0.15, 0.2) is 0 Å². The fraction of sp³-hybridized carbons (Fsp3) is 0.250. The molecule has 2 aromatic carbocycles. The van der Waals surface area contributed by atoms with Gasteiger partial charge in [0.2, 0.25) is 0 Å². The highest BCUT2D eigenvalue weighted by Gasteiger charge is 2.40. The first-order valence-corrected chi connectivity index (χ1v) is 8.33. The van der Waals surface area contributed by atoms with E-state index in [1.807, 2.05) is 49.5 Å². The van der Waals surface area contributed by atoms with Crippen LogP contribution in [-0.4, -0.2) is 13.0 Å². The average molecular weight is 340 g/mol. The second-order valence-corrected chi connectivity index (χ2v) is 7.25. The molecule has 2 aliphatic rings. The molecule has 4 rings (SSSR count). The molecule has 0 N–H and O–H groups in total. The highest BCUT2D eigenvalue weighted by Crippen LogP contribution is 2.49. The van der Waals surface area contributed by atoms with Crippen molar-refractivity contribution in [1.82, 2.24) is 0 Å². The molecule has 0 aliphatic carbocycles. The Morgan fingerprint density at radius 1 is 1.21 bits per heavy atom. The topological polar surface area (TPSA) is 29.5 Å². The molecule has 0 amide bonds. The highest BCUT2D eigenvalue weighted by atomic mass is 35.5. The Hall–Kier alpha value is -2.26. The van der Waals surface area contributed by atoms with E-state index in [-0.39, 0.29) is 17.5 Å². The van der Waals surface area contributed by atoms with E-state index in [0.717, 1.165) is 22.0 Å². The summed E-state index contributed by atoms with van der Waals surface area (Å²) in [5.41, 5.74) is 4.79. The summed E-state index contributed by atoms with van der Waals surface area (Å²) in [4.78, 5) is 14.2. The first-order chi connectivity index (χ1) is 11.4. The molecule has 0 saturated carbocycles. The van der Waals surface area contributed by atoms with Gasteiger partial charge in [-0.1, -0.05) is 43.6 Å². The summed E-state index contributed by atoms with van der Waals surface area (Å²) in [7, 11) is 2.04.